The Balaban J connectivity index is 1.34. The molecule has 0 radical (unpaired) electrons. The molecular formula is C29H27N3O3. The minimum atomic E-state index is -0.207. The Kier molecular flexibility index (Phi) is 5.10. The summed E-state index contributed by atoms with van der Waals surface area (Å²) in [4.78, 5) is 29.4. The van der Waals surface area contributed by atoms with Gasteiger partial charge in [0.15, 0.2) is 0 Å². The fraction of sp³-hybridized carbons (Fsp3) is 0.241. The van der Waals surface area contributed by atoms with Crippen molar-refractivity contribution in [3.05, 3.63) is 94.4 Å². The summed E-state index contributed by atoms with van der Waals surface area (Å²) in [6, 6.07) is 22.6. The number of anilines is 1. The number of piperazine rings is 1. The first-order valence-electron chi connectivity index (χ1n) is 12.0. The van der Waals surface area contributed by atoms with Crippen LogP contribution >= 0.6 is 0 Å². The van der Waals surface area contributed by atoms with E-state index >= 15 is 0 Å². The Bertz CT molecular complexity index is 1490. The summed E-state index contributed by atoms with van der Waals surface area (Å²) in [6.45, 7) is 6.77. The number of cyclic esters (lactones) is 1. The number of carbonyl (C=O) groups excluding carboxylic acids is 1. The van der Waals surface area contributed by atoms with Gasteiger partial charge in [-0.2, -0.15) is 0 Å². The lowest BCUT2D eigenvalue weighted by molar-refractivity contribution is 0.157. The summed E-state index contributed by atoms with van der Waals surface area (Å²) in [5.74, 6) is 0. The third-order valence-electron chi connectivity index (χ3n) is 7.20. The van der Waals surface area contributed by atoms with Gasteiger partial charge in [0, 0.05) is 42.6 Å². The van der Waals surface area contributed by atoms with Crippen LogP contribution in [0.15, 0.2) is 77.7 Å². The number of carbonyl (C=O) groups is 1. The molecule has 6 nitrogen and oxygen atoms in total. The first-order chi connectivity index (χ1) is 17.0. The molecule has 6 heteroatoms. The van der Waals surface area contributed by atoms with Gasteiger partial charge in [0.25, 0.3) is 5.56 Å². The Labute approximate surface area is 204 Å². The summed E-state index contributed by atoms with van der Waals surface area (Å²) in [5.41, 5.74) is 6.35. The van der Waals surface area contributed by atoms with Crippen LogP contribution in [0.3, 0.4) is 0 Å². The van der Waals surface area contributed by atoms with Gasteiger partial charge in [-0.05, 0) is 66.3 Å². The molecule has 2 aliphatic heterocycles. The number of aryl methyl sites for hydroxylation is 2. The van der Waals surface area contributed by atoms with Crippen molar-refractivity contribution in [1.82, 2.24) is 9.47 Å². The van der Waals surface area contributed by atoms with Gasteiger partial charge >= 0.3 is 6.09 Å². The zero-order valence-corrected chi connectivity index (χ0v) is 19.9. The van der Waals surface area contributed by atoms with Crippen LogP contribution in [0.2, 0.25) is 0 Å². The molecule has 1 unspecified atom stereocenters. The third-order valence-corrected chi connectivity index (χ3v) is 7.20. The van der Waals surface area contributed by atoms with E-state index in [1.807, 2.05) is 35.4 Å². The van der Waals surface area contributed by atoms with Gasteiger partial charge in [-0.15, -0.1) is 0 Å². The van der Waals surface area contributed by atoms with E-state index in [4.69, 9.17) is 4.74 Å². The maximum Gasteiger partial charge on any atom is 0.410 e. The fourth-order valence-electron chi connectivity index (χ4n) is 5.31. The first kappa shape index (κ1) is 21.5. The van der Waals surface area contributed by atoms with Crippen LogP contribution in [0.4, 0.5) is 10.5 Å². The second-order valence-corrected chi connectivity index (χ2v) is 9.47. The standard InChI is InChI=1S/C29H27N3O3/c1-19-6-8-21(9-7-19)25-4-3-5-26-27(25)20(2)16-32(28(26)33)23-12-10-22(11-13-23)30-14-15-31-24(17-30)18-35-29(31)34/h3-13,16,24H,14-15,17-18H2,1-2H3. The molecule has 4 aromatic rings. The highest BCUT2D eigenvalue weighted by Crippen LogP contribution is 2.30. The number of hydrogen-bond donors (Lipinski definition) is 0. The molecule has 0 saturated carbocycles. The molecule has 35 heavy (non-hydrogen) atoms. The van der Waals surface area contributed by atoms with Crippen LogP contribution in [0.1, 0.15) is 11.1 Å². The number of aromatic nitrogens is 1. The average Bonchev–Trinajstić information content (AvgIpc) is 3.26. The van der Waals surface area contributed by atoms with Gasteiger partial charge in [0.1, 0.15) is 6.61 Å². The first-order valence-corrected chi connectivity index (χ1v) is 12.0. The number of rotatable bonds is 3. The molecule has 1 amide bonds. The SMILES string of the molecule is Cc1ccc(-c2cccc3c(=O)n(-c4ccc(N5CCN6C(=O)OCC6C5)cc4)cc(C)c23)cc1. The highest BCUT2D eigenvalue weighted by atomic mass is 16.6. The predicted molar refractivity (Wildman–Crippen MR) is 139 cm³/mol. The number of benzene rings is 3. The van der Waals surface area contributed by atoms with Crippen LogP contribution in [0.5, 0.6) is 0 Å². The van der Waals surface area contributed by atoms with Gasteiger partial charge in [-0.1, -0.05) is 42.0 Å². The highest BCUT2D eigenvalue weighted by Gasteiger charge is 2.37. The Morgan fingerprint density at radius 1 is 0.857 bits per heavy atom. The van der Waals surface area contributed by atoms with E-state index < -0.39 is 0 Å². The van der Waals surface area contributed by atoms with Gasteiger partial charge in [0.05, 0.1) is 6.04 Å². The molecule has 3 aromatic carbocycles. The van der Waals surface area contributed by atoms with Gasteiger partial charge in [-0.25, -0.2) is 4.79 Å². The average molecular weight is 466 g/mol. The number of ether oxygens (including phenoxy) is 1. The molecule has 2 aliphatic rings. The number of nitrogens with zero attached hydrogens (tertiary/aromatic N) is 3. The minimum Gasteiger partial charge on any atom is -0.447 e. The second kappa shape index (κ2) is 8.31. The van der Waals surface area contributed by atoms with Crippen LogP contribution < -0.4 is 10.5 Å². The van der Waals surface area contributed by atoms with E-state index in [2.05, 4.69) is 61.2 Å². The molecule has 6 rings (SSSR count). The maximum atomic E-state index is 13.6. The van der Waals surface area contributed by atoms with Crippen molar-refractivity contribution < 1.29 is 9.53 Å². The molecule has 2 fully saturated rings. The van der Waals surface area contributed by atoms with Crippen LogP contribution in [0, 0.1) is 13.8 Å². The van der Waals surface area contributed by atoms with Gasteiger partial charge in [-0.3, -0.25) is 14.3 Å². The van der Waals surface area contributed by atoms with Crippen molar-refractivity contribution in [3.8, 4) is 16.8 Å². The maximum absolute atomic E-state index is 13.6. The largest absolute Gasteiger partial charge is 0.447 e. The van der Waals surface area contributed by atoms with E-state index in [1.54, 1.807) is 4.57 Å². The molecule has 2 saturated heterocycles. The van der Waals surface area contributed by atoms with Crippen molar-refractivity contribution in [2.75, 3.05) is 31.1 Å². The monoisotopic (exact) mass is 465 g/mol. The van der Waals surface area contributed by atoms with E-state index in [9.17, 15) is 9.59 Å². The predicted octanol–water partition coefficient (Wildman–Crippen LogP) is 4.92. The lowest BCUT2D eigenvalue weighted by atomic mass is 9.96. The fourth-order valence-corrected chi connectivity index (χ4v) is 5.31. The van der Waals surface area contributed by atoms with Crippen molar-refractivity contribution >= 4 is 22.6 Å². The van der Waals surface area contributed by atoms with Crippen molar-refractivity contribution in [1.29, 1.82) is 0 Å². The smallest absolute Gasteiger partial charge is 0.410 e. The number of amides is 1. The molecule has 176 valence electrons. The summed E-state index contributed by atoms with van der Waals surface area (Å²) in [5, 5.41) is 1.72. The van der Waals surface area contributed by atoms with E-state index in [0.29, 0.717) is 18.5 Å². The molecule has 1 aromatic heterocycles. The van der Waals surface area contributed by atoms with Gasteiger partial charge < -0.3 is 9.64 Å². The lowest BCUT2D eigenvalue weighted by Gasteiger charge is -2.36. The number of hydrogen-bond acceptors (Lipinski definition) is 4. The molecular weight excluding hydrogens is 438 g/mol. The second-order valence-electron chi connectivity index (χ2n) is 9.47. The zero-order valence-electron chi connectivity index (χ0n) is 19.9. The Morgan fingerprint density at radius 2 is 1.60 bits per heavy atom. The molecule has 0 aliphatic carbocycles. The lowest BCUT2D eigenvalue weighted by Crippen LogP contribution is -2.52. The van der Waals surface area contributed by atoms with E-state index in [1.165, 1.54) is 5.56 Å². The molecule has 0 N–H and O–H groups in total. The zero-order chi connectivity index (χ0) is 24.1. The summed E-state index contributed by atoms with van der Waals surface area (Å²) >= 11 is 0. The van der Waals surface area contributed by atoms with Crippen LogP contribution in [-0.4, -0.2) is 47.8 Å². The molecule has 0 bridgehead atoms. The quantitative estimate of drug-likeness (QED) is 0.431. The van der Waals surface area contributed by atoms with Crippen molar-refractivity contribution in [2.24, 2.45) is 0 Å². The summed E-state index contributed by atoms with van der Waals surface area (Å²) in [6.07, 6.45) is 1.74. The molecule has 3 heterocycles. The van der Waals surface area contributed by atoms with Crippen LogP contribution in [0.25, 0.3) is 27.6 Å². The molecule has 1 atom stereocenters. The minimum absolute atomic E-state index is 0.0254. The third kappa shape index (κ3) is 3.66. The van der Waals surface area contributed by atoms with E-state index in [-0.39, 0.29) is 17.7 Å². The Hall–Kier alpha value is -4.06. The number of pyridine rings is 1. The van der Waals surface area contributed by atoms with Crippen LogP contribution in [-0.2, 0) is 4.74 Å². The normalized spacial score (nSPS) is 17.5. The van der Waals surface area contributed by atoms with E-state index in [0.717, 1.165) is 46.5 Å². The van der Waals surface area contributed by atoms with Crippen molar-refractivity contribution in [2.45, 2.75) is 19.9 Å². The summed E-state index contributed by atoms with van der Waals surface area (Å²) in [7, 11) is 0. The molecule has 0 spiro atoms. The van der Waals surface area contributed by atoms with Crippen molar-refractivity contribution in [3.63, 3.8) is 0 Å². The van der Waals surface area contributed by atoms with Gasteiger partial charge in [0.2, 0.25) is 0 Å². The Morgan fingerprint density at radius 3 is 2.37 bits per heavy atom. The number of fused-ring (bicyclic) bond motifs is 2. The highest BCUT2D eigenvalue weighted by molar-refractivity contribution is 5.98. The topological polar surface area (TPSA) is 54.8 Å². The summed E-state index contributed by atoms with van der Waals surface area (Å²) < 4.78 is 6.92.